The molecule has 1 aliphatic rings. The minimum atomic E-state index is -0.495. The molecule has 1 amide bonds. The van der Waals surface area contributed by atoms with Gasteiger partial charge in [-0.2, -0.15) is 0 Å². The van der Waals surface area contributed by atoms with Gasteiger partial charge in [-0.15, -0.1) is 0 Å². The number of carbonyl (C=O) groups excluding carboxylic acids is 1. The Bertz CT molecular complexity index is 1690. The summed E-state index contributed by atoms with van der Waals surface area (Å²) < 4.78 is 16.1. The highest BCUT2D eigenvalue weighted by Gasteiger charge is 2.28. The van der Waals surface area contributed by atoms with E-state index in [2.05, 4.69) is 57.8 Å². The Balaban J connectivity index is 1.20. The number of thiazole rings is 1. The first-order valence-corrected chi connectivity index (χ1v) is 21.2. The van der Waals surface area contributed by atoms with Gasteiger partial charge in [-0.3, -0.25) is 4.79 Å². The van der Waals surface area contributed by atoms with Crippen LogP contribution in [0.5, 0.6) is 0 Å². The highest BCUT2D eigenvalue weighted by Crippen LogP contribution is 2.33. The van der Waals surface area contributed by atoms with Gasteiger partial charge in [0.2, 0.25) is 11.9 Å². The molecule has 1 aromatic carbocycles. The summed E-state index contributed by atoms with van der Waals surface area (Å²) in [5.41, 5.74) is 2.70. The number of hydrogen-bond acceptors (Lipinski definition) is 9. The van der Waals surface area contributed by atoms with Crippen molar-refractivity contribution in [2.75, 3.05) is 56.0 Å². The number of unbranched alkanes of at least 4 members (excludes halogenated alkanes) is 11. The Kier molecular flexibility index (Phi) is 16.2. The number of nitrogens with one attached hydrogen (secondary N) is 1. The molecule has 3 aromatic heterocycles. The van der Waals surface area contributed by atoms with E-state index in [0.29, 0.717) is 11.4 Å². The summed E-state index contributed by atoms with van der Waals surface area (Å²) in [6.45, 7) is 14.8. The molecule has 1 fully saturated rings. The predicted octanol–water partition coefficient (Wildman–Crippen LogP) is 10.2. The van der Waals surface area contributed by atoms with Crippen molar-refractivity contribution < 1.29 is 9.18 Å². The van der Waals surface area contributed by atoms with E-state index < -0.39 is 5.82 Å². The molecule has 0 saturated carbocycles. The first-order valence-electron chi connectivity index (χ1n) is 20.4. The van der Waals surface area contributed by atoms with E-state index in [1.54, 1.807) is 11.3 Å². The lowest BCUT2D eigenvalue weighted by Gasteiger charge is -2.36. The van der Waals surface area contributed by atoms with E-state index in [1.807, 2.05) is 41.4 Å². The topological polar surface area (TPSA) is 90.4 Å². The molecule has 1 saturated heterocycles. The number of likely N-dealkylation sites (N-methyl/N-ethyl adjacent to an activating group) is 1. The van der Waals surface area contributed by atoms with Crippen molar-refractivity contribution in [2.45, 2.75) is 117 Å². The summed E-state index contributed by atoms with van der Waals surface area (Å²) in [5, 5.41) is 4.12. The van der Waals surface area contributed by atoms with Crippen LogP contribution in [0.2, 0.25) is 0 Å². The maximum Gasteiger partial charge on any atom is 0.230 e. The molecule has 1 N–H and O–H groups in total. The standard InChI is InChI=1S/C42H61FN8OS/c1-5-9-10-11-12-13-14-15-16-17-18-19-20-34(40(52)51-27-25-49(6-2)26-28-51)33-22-24-38(44-30-33)47-41-45-31-35(43)39(48-41)32-21-23-36-37(29-32)53-42(46-36)50(7-3)8-4/h21-24,29-31,34H,5-20,25-28H2,1-4H3,(H,44,45,47,48). The third-order valence-corrected chi connectivity index (χ3v) is 11.7. The lowest BCUT2D eigenvalue weighted by molar-refractivity contribution is -0.134. The molecule has 1 aliphatic heterocycles. The van der Waals surface area contributed by atoms with Gasteiger partial charge in [-0.05, 0) is 50.6 Å². The second-order valence-corrected chi connectivity index (χ2v) is 15.3. The van der Waals surface area contributed by atoms with Crippen molar-refractivity contribution in [3.05, 3.63) is 54.1 Å². The van der Waals surface area contributed by atoms with Gasteiger partial charge in [0, 0.05) is 51.0 Å². The fourth-order valence-corrected chi connectivity index (χ4v) is 8.38. The van der Waals surface area contributed by atoms with Crippen LogP contribution in [0.1, 0.15) is 123 Å². The number of anilines is 3. The smallest absolute Gasteiger partial charge is 0.230 e. The lowest BCUT2D eigenvalue weighted by atomic mass is 9.92. The van der Waals surface area contributed by atoms with Crippen molar-refractivity contribution in [3.8, 4) is 11.3 Å². The van der Waals surface area contributed by atoms with Gasteiger partial charge >= 0.3 is 0 Å². The number of piperazine rings is 1. The van der Waals surface area contributed by atoms with Crippen molar-refractivity contribution in [1.29, 1.82) is 0 Å². The number of carbonyl (C=O) groups is 1. The number of nitrogens with zero attached hydrogens (tertiary/aromatic N) is 7. The molecule has 53 heavy (non-hydrogen) atoms. The van der Waals surface area contributed by atoms with E-state index >= 15 is 4.39 Å². The Morgan fingerprint density at radius 2 is 1.51 bits per heavy atom. The largest absolute Gasteiger partial charge is 0.349 e. The van der Waals surface area contributed by atoms with Gasteiger partial charge in [0.05, 0.1) is 22.3 Å². The first-order chi connectivity index (χ1) is 25.9. The van der Waals surface area contributed by atoms with E-state index in [1.165, 1.54) is 70.4 Å². The quantitative estimate of drug-likeness (QED) is 0.0796. The molecule has 4 aromatic rings. The Morgan fingerprint density at radius 1 is 0.830 bits per heavy atom. The molecular weight excluding hydrogens is 684 g/mol. The van der Waals surface area contributed by atoms with Crippen LogP contribution < -0.4 is 10.2 Å². The molecule has 4 heterocycles. The summed E-state index contributed by atoms with van der Waals surface area (Å²) in [7, 11) is 0. The van der Waals surface area contributed by atoms with E-state index in [0.717, 1.165) is 86.0 Å². The Hall–Kier alpha value is -3.70. The summed E-state index contributed by atoms with van der Waals surface area (Å²) in [4.78, 5) is 38.8. The molecule has 0 spiro atoms. The summed E-state index contributed by atoms with van der Waals surface area (Å²) in [6, 6.07) is 9.58. The molecule has 0 bridgehead atoms. The van der Waals surface area contributed by atoms with Crippen molar-refractivity contribution >= 4 is 44.4 Å². The zero-order valence-electron chi connectivity index (χ0n) is 32.6. The third-order valence-electron chi connectivity index (χ3n) is 10.6. The van der Waals surface area contributed by atoms with Crippen LogP contribution in [-0.4, -0.2) is 81.5 Å². The van der Waals surface area contributed by atoms with E-state index in [4.69, 9.17) is 4.98 Å². The van der Waals surface area contributed by atoms with Crippen molar-refractivity contribution in [1.82, 2.24) is 29.7 Å². The monoisotopic (exact) mass is 744 g/mol. The number of pyridine rings is 1. The molecule has 11 heteroatoms. The number of benzene rings is 1. The zero-order chi connectivity index (χ0) is 37.4. The van der Waals surface area contributed by atoms with Gasteiger partial charge in [0.25, 0.3) is 0 Å². The Morgan fingerprint density at radius 3 is 2.13 bits per heavy atom. The van der Waals surface area contributed by atoms with Crippen LogP contribution in [0.4, 0.5) is 21.3 Å². The number of fused-ring (bicyclic) bond motifs is 1. The highest BCUT2D eigenvalue weighted by atomic mass is 32.1. The number of rotatable bonds is 22. The normalized spacial score (nSPS) is 14.2. The van der Waals surface area contributed by atoms with Gasteiger partial charge in [-0.25, -0.2) is 24.3 Å². The van der Waals surface area contributed by atoms with Crippen LogP contribution in [-0.2, 0) is 4.79 Å². The predicted molar refractivity (Wildman–Crippen MR) is 219 cm³/mol. The van der Waals surface area contributed by atoms with Crippen molar-refractivity contribution in [2.24, 2.45) is 0 Å². The maximum atomic E-state index is 15.1. The molecule has 5 rings (SSSR count). The Labute approximate surface area is 320 Å². The third kappa shape index (κ3) is 11.6. The lowest BCUT2D eigenvalue weighted by Crippen LogP contribution is -2.49. The number of amides is 1. The molecule has 1 atom stereocenters. The van der Waals surface area contributed by atoms with E-state index in [-0.39, 0.29) is 23.5 Å². The minimum Gasteiger partial charge on any atom is -0.349 e. The highest BCUT2D eigenvalue weighted by molar-refractivity contribution is 7.22. The van der Waals surface area contributed by atoms with Crippen LogP contribution in [0.15, 0.2) is 42.7 Å². The SMILES string of the molecule is CCCCCCCCCCCCCCC(C(=O)N1CCN(CC)CC1)c1ccc(Nc2ncc(F)c(-c3ccc4nc(N(CC)CC)sc4c3)n2)nc1. The molecule has 1 unspecified atom stereocenters. The number of halogens is 1. The maximum absolute atomic E-state index is 15.1. The van der Waals surface area contributed by atoms with Gasteiger partial charge in [-0.1, -0.05) is 114 Å². The fourth-order valence-electron chi connectivity index (χ4n) is 7.25. The fraction of sp³-hybridized carbons (Fsp3) is 0.595. The van der Waals surface area contributed by atoms with Crippen LogP contribution >= 0.6 is 11.3 Å². The molecule has 0 aliphatic carbocycles. The summed E-state index contributed by atoms with van der Waals surface area (Å²) in [5.74, 6) is 0.296. The second kappa shape index (κ2) is 21.3. The van der Waals surface area contributed by atoms with Crippen molar-refractivity contribution in [3.63, 3.8) is 0 Å². The van der Waals surface area contributed by atoms with E-state index in [9.17, 15) is 4.79 Å². The molecule has 288 valence electrons. The van der Waals surface area contributed by atoms with Crippen LogP contribution in [0.25, 0.3) is 21.5 Å². The number of aromatic nitrogens is 4. The second-order valence-electron chi connectivity index (χ2n) is 14.3. The van der Waals surface area contributed by atoms with Gasteiger partial charge in [0.1, 0.15) is 11.5 Å². The van der Waals surface area contributed by atoms with Gasteiger partial charge < -0.3 is 20.0 Å². The van der Waals surface area contributed by atoms with Gasteiger partial charge in [0.15, 0.2) is 10.9 Å². The average molecular weight is 745 g/mol. The average Bonchev–Trinajstić information content (AvgIpc) is 3.61. The summed E-state index contributed by atoms with van der Waals surface area (Å²) in [6.07, 6.45) is 19.3. The minimum absolute atomic E-state index is 0.208. The summed E-state index contributed by atoms with van der Waals surface area (Å²) >= 11 is 1.60. The first kappa shape index (κ1) is 40.5. The zero-order valence-corrected chi connectivity index (χ0v) is 33.4. The number of hydrogen-bond donors (Lipinski definition) is 1. The molecular formula is C42H61FN8OS. The molecule has 9 nitrogen and oxygen atoms in total. The van der Waals surface area contributed by atoms with Crippen LogP contribution in [0, 0.1) is 5.82 Å². The van der Waals surface area contributed by atoms with Crippen LogP contribution in [0.3, 0.4) is 0 Å². The molecule has 0 radical (unpaired) electrons.